The molecule has 0 aliphatic rings. The monoisotopic (exact) mass is 377 g/mol. The molecule has 0 saturated carbocycles. The zero-order chi connectivity index (χ0) is 13.8. The van der Waals surface area contributed by atoms with Gasteiger partial charge in [-0.25, -0.2) is 0 Å². The summed E-state index contributed by atoms with van der Waals surface area (Å²) in [5, 5.41) is 3.46. The number of rotatable bonds is 4. The lowest BCUT2D eigenvalue weighted by Gasteiger charge is -2.06. The molecule has 0 aliphatic heterocycles. The molecule has 1 amide bonds. The molecule has 100 valence electrons. The molecule has 2 nitrogen and oxygen atoms in total. The third-order valence-corrected chi connectivity index (χ3v) is 4.64. The lowest BCUT2D eigenvalue weighted by molar-refractivity contribution is 0.0953. The number of thiophene rings is 1. The van der Waals surface area contributed by atoms with Gasteiger partial charge in [-0.15, -0.1) is 11.3 Å². The van der Waals surface area contributed by atoms with Crippen LogP contribution in [0.25, 0.3) is 0 Å². The van der Waals surface area contributed by atoms with Crippen molar-refractivity contribution in [1.29, 1.82) is 0 Å². The van der Waals surface area contributed by atoms with Crippen molar-refractivity contribution in [2.24, 2.45) is 0 Å². The van der Waals surface area contributed by atoms with Crippen LogP contribution >= 0.6 is 50.5 Å². The summed E-state index contributed by atoms with van der Waals surface area (Å²) in [6.45, 7) is 0.574. The predicted octanol–water partition coefficient (Wildman–Crippen LogP) is 4.79. The Morgan fingerprint density at radius 3 is 2.68 bits per heavy atom. The van der Waals surface area contributed by atoms with Gasteiger partial charge in [0.15, 0.2) is 0 Å². The summed E-state index contributed by atoms with van der Waals surface area (Å²) in [5.41, 5.74) is 0.577. The maximum atomic E-state index is 12.0. The molecule has 2 aromatic rings. The minimum absolute atomic E-state index is 0.119. The van der Waals surface area contributed by atoms with Crippen molar-refractivity contribution in [3.8, 4) is 0 Å². The zero-order valence-corrected chi connectivity index (χ0v) is 13.7. The first kappa shape index (κ1) is 14.9. The third kappa shape index (κ3) is 4.21. The van der Waals surface area contributed by atoms with Crippen molar-refractivity contribution in [3.05, 3.63) is 54.6 Å². The Labute approximate surface area is 133 Å². The molecule has 0 atom stereocenters. The third-order valence-electron chi connectivity index (χ3n) is 2.46. The zero-order valence-electron chi connectivity index (χ0n) is 9.75. The first-order chi connectivity index (χ1) is 9.06. The number of benzene rings is 1. The fraction of sp³-hybridized carbons (Fsp3) is 0.154. The minimum atomic E-state index is -0.119. The van der Waals surface area contributed by atoms with Crippen LogP contribution in [0.15, 0.2) is 34.8 Å². The van der Waals surface area contributed by atoms with E-state index in [-0.39, 0.29) is 5.91 Å². The lowest BCUT2D eigenvalue weighted by Crippen LogP contribution is -2.25. The van der Waals surface area contributed by atoms with Gasteiger partial charge in [0.05, 0.1) is 9.90 Å². The molecule has 0 aliphatic carbocycles. The topological polar surface area (TPSA) is 29.1 Å². The largest absolute Gasteiger partial charge is 0.352 e. The number of hydrogen-bond donors (Lipinski definition) is 1. The summed E-state index contributed by atoms with van der Waals surface area (Å²) in [7, 11) is 0. The molecule has 6 heteroatoms. The number of nitrogens with one attached hydrogen (secondary N) is 1. The van der Waals surface area contributed by atoms with Gasteiger partial charge in [0.25, 0.3) is 5.91 Å². The molecule has 1 aromatic carbocycles. The summed E-state index contributed by atoms with van der Waals surface area (Å²) in [6.07, 6.45) is 0.772. The van der Waals surface area contributed by atoms with Gasteiger partial charge in [0.1, 0.15) is 0 Å². The van der Waals surface area contributed by atoms with E-state index in [0.717, 1.165) is 15.6 Å². The molecule has 0 unspecified atom stereocenters. The highest BCUT2D eigenvalue weighted by molar-refractivity contribution is 9.10. The van der Waals surface area contributed by atoms with Gasteiger partial charge in [-0.3, -0.25) is 4.79 Å². The van der Waals surface area contributed by atoms with Crippen LogP contribution in [0.5, 0.6) is 0 Å². The van der Waals surface area contributed by atoms with Crippen molar-refractivity contribution < 1.29 is 4.79 Å². The van der Waals surface area contributed by atoms with Crippen LogP contribution < -0.4 is 5.32 Å². The molecule has 0 fully saturated rings. The van der Waals surface area contributed by atoms with Gasteiger partial charge in [0.2, 0.25) is 0 Å². The highest BCUT2D eigenvalue weighted by atomic mass is 79.9. The molecule has 0 bridgehead atoms. The van der Waals surface area contributed by atoms with Gasteiger partial charge in [-0.1, -0.05) is 23.2 Å². The summed E-state index contributed by atoms with van der Waals surface area (Å²) >= 11 is 16.5. The second kappa shape index (κ2) is 6.75. The summed E-state index contributed by atoms with van der Waals surface area (Å²) in [5.74, 6) is -0.119. The van der Waals surface area contributed by atoms with E-state index in [0.29, 0.717) is 21.6 Å². The maximum absolute atomic E-state index is 12.0. The summed E-state index contributed by atoms with van der Waals surface area (Å²) in [4.78, 5) is 13.1. The normalized spacial score (nSPS) is 10.5. The summed E-state index contributed by atoms with van der Waals surface area (Å²) in [6, 6.07) is 8.93. The smallest absolute Gasteiger partial charge is 0.252 e. The average molecular weight is 379 g/mol. The first-order valence-corrected chi connectivity index (χ1v) is 7.90. The minimum Gasteiger partial charge on any atom is -0.352 e. The van der Waals surface area contributed by atoms with Crippen molar-refractivity contribution in [2.75, 3.05) is 6.54 Å². The van der Waals surface area contributed by atoms with Crippen LogP contribution in [-0.2, 0) is 6.42 Å². The summed E-state index contributed by atoms with van der Waals surface area (Å²) < 4.78 is 1.46. The van der Waals surface area contributed by atoms with E-state index < -0.39 is 0 Å². The standard InChI is InChI=1S/C13H10BrCl2NOS/c14-11-7-8(15)1-3-10(11)13(18)17-6-5-9-2-4-12(16)19-9/h1-4,7H,5-6H2,(H,17,18). The Balaban J connectivity index is 1.90. The van der Waals surface area contributed by atoms with E-state index in [4.69, 9.17) is 23.2 Å². The van der Waals surface area contributed by atoms with Crippen molar-refractivity contribution >= 4 is 56.4 Å². The fourth-order valence-corrected chi connectivity index (χ4v) is 3.50. The highest BCUT2D eigenvalue weighted by Gasteiger charge is 2.09. The van der Waals surface area contributed by atoms with E-state index in [1.54, 1.807) is 18.2 Å². The van der Waals surface area contributed by atoms with Crippen molar-refractivity contribution in [1.82, 2.24) is 5.32 Å². The number of halogens is 3. The number of hydrogen-bond acceptors (Lipinski definition) is 2. The van der Waals surface area contributed by atoms with Gasteiger partial charge >= 0.3 is 0 Å². The quantitative estimate of drug-likeness (QED) is 0.814. The molecular formula is C13H10BrCl2NOS. The Morgan fingerprint density at radius 1 is 1.26 bits per heavy atom. The van der Waals surface area contributed by atoms with Gasteiger partial charge in [-0.2, -0.15) is 0 Å². The van der Waals surface area contributed by atoms with E-state index in [9.17, 15) is 4.79 Å². The van der Waals surface area contributed by atoms with E-state index >= 15 is 0 Å². The van der Waals surface area contributed by atoms with Crippen LogP contribution in [0, 0.1) is 0 Å². The predicted molar refractivity (Wildman–Crippen MR) is 84.5 cm³/mol. The van der Waals surface area contributed by atoms with Crippen LogP contribution in [0.4, 0.5) is 0 Å². The highest BCUT2D eigenvalue weighted by Crippen LogP contribution is 2.22. The molecular weight excluding hydrogens is 369 g/mol. The second-order valence-corrected chi connectivity index (χ2v) is 6.93. The Kier molecular flexibility index (Phi) is 5.28. The van der Waals surface area contributed by atoms with Gasteiger partial charge in [0, 0.05) is 20.9 Å². The van der Waals surface area contributed by atoms with E-state index in [1.807, 2.05) is 12.1 Å². The molecule has 0 spiro atoms. The van der Waals surface area contributed by atoms with Crippen molar-refractivity contribution in [3.63, 3.8) is 0 Å². The molecule has 1 heterocycles. The first-order valence-electron chi connectivity index (χ1n) is 5.54. The van der Waals surface area contributed by atoms with E-state index in [1.165, 1.54) is 11.3 Å². The average Bonchev–Trinajstić information content (AvgIpc) is 2.75. The molecule has 0 saturated heterocycles. The number of carbonyl (C=O) groups excluding carboxylic acids is 1. The molecule has 1 N–H and O–H groups in total. The van der Waals surface area contributed by atoms with Crippen LogP contribution in [0.2, 0.25) is 9.36 Å². The number of carbonyl (C=O) groups is 1. The Hall–Kier alpha value is -0.550. The SMILES string of the molecule is O=C(NCCc1ccc(Cl)s1)c1ccc(Cl)cc1Br. The molecule has 19 heavy (non-hydrogen) atoms. The second-order valence-electron chi connectivity index (χ2n) is 3.84. The Bertz CT molecular complexity index is 600. The number of amides is 1. The van der Waals surface area contributed by atoms with Crippen LogP contribution in [0.1, 0.15) is 15.2 Å². The molecule has 2 rings (SSSR count). The van der Waals surface area contributed by atoms with E-state index in [2.05, 4.69) is 21.2 Å². The fourth-order valence-electron chi connectivity index (χ4n) is 1.55. The lowest BCUT2D eigenvalue weighted by atomic mass is 10.2. The van der Waals surface area contributed by atoms with Gasteiger partial charge < -0.3 is 5.32 Å². The van der Waals surface area contributed by atoms with Crippen LogP contribution in [-0.4, -0.2) is 12.5 Å². The Morgan fingerprint density at radius 2 is 2.05 bits per heavy atom. The maximum Gasteiger partial charge on any atom is 0.252 e. The molecule has 0 radical (unpaired) electrons. The van der Waals surface area contributed by atoms with Crippen molar-refractivity contribution in [2.45, 2.75) is 6.42 Å². The molecule has 1 aromatic heterocycles. The van der Waals surface area contributed by atoms with Gasteiger partial charge in [-0.05, 0) is 52.7 Å². The van der Waals surface area contributed by atoms with Crippen LogP contribution in [0.3, 0.4) is 0 Å².